The summed E-state index contributed by atoms with van der Waals surface area (Å²) in [5.41, 5.74) is 0. The summed E-state index contributed by atoms with van der Waals surface area (Å²) in [6.07, 6.45) is 0. The molecule has 0 aromatic heterocycles. The second kappa shape index (κ2) is 1.35. The molecule has 0 radical (unpaired) electrons. The average Bonchev–Trinajstić information content (AvgIpc) is 1.94. The van der Waals surface area contributed by atoms with E-state index in [0.29, 0.717) is 0 Å². The molecule has 1 heteroatoms. The number of hydrogen-bond donors (Lipinski definition) is 0. The molecule has 6 heavy (non-hydrogen) atoms. The van der Waals surface area contributed by atoms with Crippen LogP contribution in [0.1, 0.15) is 13.8 Å². The standard InChI is InChI=1S/C5H11I/c1-4-5(2)6(4)3/h4-5H,1-3H3/t4-,5?/m1/s1. The summed E-state index contributed by atoms with van der Waals surface area (Å²) in [7, 11) is 0. The zero-order chi connectivity index (χ0) is 4.73. The van der Waals surface area contributed by atoms with Crippen molar-refractivity contribution in [3.8, 4) is 0 Å². The van der Waals surface area contributed by atoms with Crippen molar-refractivity contribution in [3.05, 3.63) is 0 Å². The van der Waals surface area contributed by atoms with E-state index in [1.54, 1.807) is 0 Å². The SMILES string of the molecule is CC1[C@@H](C)I1C. The first kappa shape index (κ1) is 4.88. The Morgan fingerprint density at radius 2 is 1.33 bits per heavy atom. The van der Waals surface area contributed by atoms with Crippen molar-refractivity contribution >= 4 is 19.8 Å². The molecule has 1 heterocycles. The summed E-state index contributed by atoms with van der Waals surface area (Å²) in [5.74, 6) is 0. The van der Waals surface area contributed by atoms with Crippen LogP contribution in [0.2, 0.25) is 0 Å². The predicted molar refractivity (Wildman–Crippen MR) is 38.9 cm³/mol. The maximum atomic E-state index is 2.47. The molecule has 1 aliphatic rings. The Hall–Kier alpha value is 0.730. The van der Waals surface area contributed by atoms with Crippen molar-refractivity contribution in [1.29, 1.82) is 0 Å². The van der Waals surface area contributed by atoms with Crippen molar-refractivity contribution in [3.63, 3.8) is 0 Å². The van der Waals surface area contributed by atoms with Crippen molar-refractivity contribution in [1.82, 2.24) is 0 Å². The van der Waals surface area contributed by atoms with Crippen molar-refractivity contribution in [2.24, 2.45) is 0 Å². The quantitative estimate of drug-likeness (QED) is 0.412. The minimum absolute atomic E-state index is 0.217. The fraction of sp³-hybridized carbons (Fsp3) is 1.00. The minimum atomic E-state index is -0.217. The number of halogens is 1. The van der Waals surface area contributed by atoms with Crippen molar-refractivity contribution in [2.45, 2.75) is 21.7 Å². The normalized spacial score (nSPS) is 49.5. The fourth-order valence-corrected chi connectivity index (χ4v) is 5.65. The molecule has 0 saturated carbocycles. The topological polar surface area (TPSA) is 0 Å². The van der Waals surface area contributed by atoms with E-state index in [1.807, 2.05) is 0 Å². The Bertz CT molecular complexity index is 40.7. The Morgan fingerprint density at radius 1 is 1.17 bits per heavy atom. The van der Waals surface area contributed by atoms with Gasteiger partial charge in [-0.15, -0.1) is 0 Å². The summed E-state index contributed by atoms with van der Waals surface area (Å²) < 4.78 is 2.35. The molecular weight excluding hydrogens is 187 g/mol. The van der Waals surface area contributed by atoms with E-state index < -0.39 is 0 Å². The first-order valence-electron chi connectivity index (χ1n) is 2.30. The zero-order valence-corrected chi connectivity index (χ0v) is 6.69. The monoisotopic (exact) mass is 198 g/mol. The molecule has 0 nitrogen and oxygen atoms in total. The molecule has 2 atom stereocenters. The molecule has 1 rings (SSSR count). The number of rotatable bonds is 0. The second-order valence-electron chi connectivity index (χ2n) is 1.92. The van der Waals surface area contributed by atoms with E-state index in [0.717, 1.165) is 0 Å². The van der Waals surface area contributed by atoms with Gasteiger partial charge in [-0.25, -0.2) is 0 Å². The van der Waals surface area contributed by atoms with Crippen LogP contribution >= 0.6 is 19.8 Å². The molecule has 0 aromatic rings. The van der Waals surface area contributed by atoms with Gasteiger partial charge < -0.3 is 0 Å². The summed E-state index contributed by atoms with van der Waals surface area (Å²) in [5, 5.41) is 0. The molecule has 0 amide bonds. The van der Waals surface area contributed by atoms with Gasteiger partial charge in [0.15, 0.2) is 0 Å². The molecule has 0 spiro atoms. The molecule has 0 N–H and O–H groups in total. The van der Waals surface area contributed by atoms with Crippen LogP contribution in [0, 0.1) is 0 Å². The van der Waals surface area contributed by atoms with Gasteiger partial charge in [-0.1, -0.05) is 0 Å². The van der Waals surface area contributed by atoms with E-state index >= 15 is 0 Å². The van der Waals surface area contributed by atoms with E-state index in [2.05, 4.69) is 18.8 Å². The van der Waals surface area contributed by atoms with Crippen LogP contribution in [0.15, 0.2) is 0 Å². The van der Waals surface area contributed by atoms with Gasteiger partial charge in [0.25, 0.3) is 0 Å². The Labute approximate surface area is 46.7 Å². The molecule has 1 saturated heterocycles. The number of alkyl halides is 3. The van der Waals surface area contributed by atoms with Crippen molar-refractivity contribution < 1.29 is 0 Å². The molecule has 0 bridgehead atoms. The van der Waals surface area contributed by atoms with Gasteiger partial charge in [0, 0.05) is 0 Å². The maximum absolute atomic E-state index is 2.47. The van der Waals surface area contributed by atoms with Gasteiger partial charge in [0.2, 0.25) is 0 Å². The third-order valence-electron chi connectivity index (χ3n) is 1.65. The van der Waals surface area contributed by atoms with Gasteiger partial charge >= 0.3 is 46.4 Å². The van der Waals surface area contributed by atoms with E-state index in [4.69, 9.17) is 0 Å². The Morgan fingerprint density at radius 3 is 1.33 bits per heavy atom. The van der Waals surface area contributed by atoms with E-state index in [-0.39, 0.29) is 19.8 Å². The van der Waals surface area contributed by atoms with Gasteiger partial charge in [-0.2, -0.15) is 0 Å². The molecule has 1 fully saturated rings. The van der Waals surface area contributed by atoms with Gasteiger partial charge in [0.1, 0.15) is 0 Å². The van der Waals surface area contributed by atoms with Crippen LogP contribution in [0.25, 0.3) is 0 Å². The second-order valence-corrected chi connectivity index (χ2v) is 9.06. The van der Waals surface area contributed by atoms with Gasteiger partial charge in [-0.05, 0) is 0 Å². The van der Waals surface area contributed by atoms with Crippen molar-refractivity contribution in [2.75, 3.05) is 4.93 Å². The van der Waals surface area contributed by atoms with Crippen LogP contribution in [0.3, 0.4) is 0 Å². The molecule has 38 valence electrons. The van der Waals surface area contributed by atoms with E-state index in [1.165, 1.54) is 7.85 Å². The molecule has 0 aromatic carbocycles. The van der Waals surface area contributed by atoms with Crippen LogP contribution in [0.4, 0.5) is 0 Å². The molecule has 0 aliphatic carbocycles. The molecule has 1 aliphatic heterocycles. The number of hydrogen-bond acceptors (Lipinski definition) is 0. The summed E-state index contributed by atoms with van der Waals surface area (Å²) in [6.45, 7) is 4.77. The average molecular weight is 198 g/mol. The van der Waals surface area contributed by atoms with Crippen LogP contribution < -0.4 is 0 Å². The summed E-state index contributed by atoms with van der Waals surface area (Å²) in [4.78, 5) is 2.47. The predicted octanol–water partition coefficient (Wildman–Crippen LogP) is 1.91. The Balaban J connectivity index is 2.31. The van der Waals surface area contributed by atoms with Crippen LogP contribution in [0.5, 0.6) is 0 Å². The van der Waals surface area contributed by atoms with Crippen LogP contribution in [-0.4, -0.2) is 12.8 Å². The van der Waals surface area contributed by atoms with Gasteiger partial charge in [-0.3, -0.25) is 0 Å². The summed E-state index contributed by atoms with van der Waals surface area (Å²) >= 11 is -0.217. The molecule has 1 unspecified atom stereocenters. The zero-order valence-electron chi connectivity index (χ0n) is 4.53. The van der Waals surface area contributed by atoms with Gasteiger partial charge in [0.05, 0.1) is 0 Å². The fourth-order valence-electron chi connectivity index (χ4n) is 0.571. The van der Waals surface area contributed by atoms with E-state index in [9.17, 15) is 0 Å². The van der Waals surface area contributed by atoms with Crippen LogP contribution in [-0.2, 0) is 0 Å². The molecular formula is C5H11I. The first-order chi connectivity index (χ1) is 2.73. The summed E-state index contributed by atoms with van der Waals surface area (Å²) in [6, 6.07) is 0. The third kappa shape index (κ3) is 0.572. The Kier molecular flexibility index (Phi) is 1.10. The third-order valence-corrected chi connectivity index (χ3v) is 9.18. The first-order valence-corrected chi connectivity index (χ1v) is 6.95.